The minimum atomic E-state index is -0.384. The Labute approximate surface area is 180 Å². The maximum Gasteiger partial charge on any atom is 0.259 e. The Kier molecular flexibility index (Phi) is 7.73. The highest BCUT2D eigenvalue weighted by Gasteiger charge is 2.14. The van der Waals surface area contributed by atoms with Gasteiger partial charge in [-0.2, -0.15) is 0 Å². The molecule has 0 atom stereocenters. The molecule has 0 bridgehead atoms. The zero-order chi connectivity index (χ0) is 22.1. The molecule has 0 aromatic heterocycles. The van der Waals surface area contributed by atoms with E-state index in [0.717, 1.165) is 0 Å². The molecule has 0 heterocycles. The topological polar surface area (TPSA) is 76.7 Å². The summed E-state index contributed by atoms with van der Waals surface area (Å²) >= 11 is 0. The van der Waals surface area contributed by atoms with Crippen molar-refractivity contribution >= 4 is 23.2 Å². The minimum absolute atomic E-state index is 0.331. The molecule has 7 heteroatoms. The molecule has 0 radical (unpaired) electrons. The highest BCUT2D eigenvalue weighted by Crippen LogP contribution is 2.21. The number of nitrogens with one attached hydrogen (secondary N) is 2. The van der Waals surface area contributed by atoms with Gasteiger partial charge in [-0.3, -0.25) is 9.59 Å². The number of hydrogen-bond donors (Lipinski definition) is 2. The van der Waals surface area contributed by atoms with Gasteiger partial charge in [0.1, 0.15) is 18.2 Å². The van der Waals surface area contributed by atoms with Crippen LogP contribution in [0.3, 0.4) is 0 Å². The number of para-hydroxylation sites is 1. The number of anilines is 2. The second-order valence-electron chi connectivity index (χ2n) is 6.54. The molecule has 0 aliphatic carbocycles. The van der Waals surface area contributed by atoms with Gasteiger partial charge in [0.2, 0.25) is 0 Å². The number of halogens is 1. The molecular formula is C24H23FN2O4. The molecule has 3 aromatic carbocycles. The zero-order valence-corrected chi connectivity index (χ0v) is 17.1. The van der Waals surface area contributed by atoms with E-state index in [-0.39, 0.29) is 17.6 Å². The number of carbonyl (C=O) groups excluding carboxylic acids is 2. The maximum atomic E-state index is 13.0. The molecule has 0 aliphatic heterocycles. The highest BCUT2D eigenvalue weighted by atomic mass is 19.1. The Bertz CT molecular complexity index is 1040. The van der Waals surface area contributed by atoms with Crippen molar-refractivity contribution in [1.82, 2.24) is 0 Å². The third kappa shape index (κ3) is 6.38. The SMILES string of the molecule is CCOCCOc1ccccc1C(=O)Nc1cccc(C(=O)Nc2ccc(F)cc2)c1. The summed E-state index contributed by atoms with van der Waals surface area (Å²) in [6.07, 6.45) is 0. The van der Waals surface area contributed by atoms with Crippen LogP contribution < -0.4 is 15.4 Å². The fraction of sp³-hybridized carbons (Fsp3) is 0.167. The number of amides is 2. The van der Waals surface area contributed by atoms with Gasteiger partial charge in [0.15, 0.2) is 0 Å². The van der Waals surface area contributed by atoms with Crippen LogP contribution in [0.1, 0.15) is 27.6 Å². The van der Waals surface area contributed by atoms with Crippen molar-refractivity contribution in [2.24, 2.45) is 0 Å². The van der Waals surface area contributed by atoms with E-state index in [4.69, 9.17) is 9.47 Å². The normalized spacial score (nSPS) is 10.4. The van der Waals surface area contributed by atoms with Crippen LogP contribution in [0.15, 0.2) is 72.8 Å². The summed E-state index contributed by atoms with van der Waals surface area (Å²) in [6.45, 7) is 3.25. The lowest BCUT2D eigenvalue weighted by Gasteiger charge is -2.12. The Balaban J connectivity index is 1.67. The first kappa shape index (κ1) is 22.0. The fourth-order valence-electron chi connectivity index (χ4n) is 2.81. The third-order valence-corrected chi connectivity index (χ3v) is 4.31. The zero-order valence-electron chi connectivity index (χ0n) is 17.1. The molecule has 31 heavy (non-hydrogen) atoms. The number of benzene rings is 3. The molecule has 0 aliphatic rings. The summed E-state index contributed by atoms with van der Waals surface area (Å²) in [7, 11) is 0. The van der Waals surface area contributed by atoms with Crippen molar-refractivity contribution in [3.05, 3.63) is 89.7 Å². The summed E-state index contributed by atoms with van der Waals surface area (Å²) in [5, 5.41) is 5.48. The van der Waals surface area contributed by atoms with E-state index in [9.17, 15) is 14.0 Å². The van der Waals surface area contributed by atoms with E-state index >= 15 is 0 Å². The molecule has 0 spiro atoms. The molecule has 0 saturated carbocycles. The van der Waals surface area contributed by atoms with Crippen molar-refractivity contribution in [2.45, 2.75) is 6.92 Å². The van der Waals surface area contributed by atoms with Crippen LogP contribution in [0.25, 0.3) is 0 Å². The average Bonchev–Trinajstić information content (AvgIpc) is 2.78. The third-order valence-electron chi connectivity index (χ3n) is 4.31. The fourth-order valence-corrected chi connectivity index (χ4v) is 2.81. The Hall–Kier alpha value is -3.71. The number of ether oxygens (including phenoxy) is 2. The Morgan fingerprint density at radius 2 is 1.58 bits per heavy atom. The van der Waals surface area contributed by atoms with E-state index in [1.807, 2.05) is 6.92 Å². The summed E-state index contributed by atoms with van der Waals surface area (Å²) < 4.78 is 23.9. The van der Waals surface area contributed by atoms with Crippen LogP contribution in [0.4, 0.5) is 15.8 Å². The van der Waals surface area contributed by atoms with E-state index in [1.54, 1.807) is 48.5 Å². The summed E-state index contributed by atoms with van der Waals surface area (Å²) in [5.74, 6) is -0.666. The van der Waals surface area contributed by atoms with Gasteiger partial charge >= 0.3 is 0 Å². The van der Waals surface area contributed by atoms with Crippen LogP contribution in [0, 0.1) is 5.82 Å². The van der Waals surface area contributed by atoms with Crippen molar-refractivity contribution in [1.29, 1.82) is 0 Å². The lowest BCUT2D eigenvalue weighted by Crippen LogP contribution is -2.16. The van der Waals surface area contributed by atoms with Crippen LogP contribution in [0.5, 0.6) is 5.75 Å². The molecule has 0 fully saturated rings. The summed E-state index contributed by atoms with van der Waals surface area (Å²) in [6, 6.07) is 18.9. The molecule has 6 nitrogen and oxygen atoms in total. The number of carbonyl (C=O) groups is 2. The van der Waals surface area contributed by atoms with Gasteiger partial charge in [-0.05, 0) is 61.5 Å². The first-order chi connectivity index (χ1) is 15.1. The standard InChI is InChI=1S/C24H23FN2O4/c1-2-30-14-15-31-22-9-4-3-8-21(22)24(29)27-20-7-5-6-17(16-20)23(28)26-19-12-10-18(25)11-13-19/h3-13,16H,2,14-15H2,1H3,(H,26,28)(H,27,29). The van der Waals surface area contributed by atoms with Gasteiger partial charge in [-0.25, -0.2) is 4.39 Å². The van der Waals surface area contributed by atoms with Crippen LogP contribution in [-0.4, -0.2) is 31.6 Å². The van der Waals surface area contributed by atoms with Gasteiger partial charge in [-0.1, -0.05) is 18.2 Å². The molecule has 0 unspecified atom stereocenters. The smallest absolute Gasteiger partial charge is 0.259 e. The molecule has 2 N–H and O–H groups in total. The molecule has 0 saturated heterocycles. The minimum Gasteiger partial charge on any atom is -0.490 e. The molecule has 160 valence electrons. The van der Waals surface area contributed by atoms with Crippen LogP contribution in [-0.2, 0) is 4.74 Å². The van der Waals surface area contributed by atoms with Crippen molar-refractivity contribution in [2.75, 3.05) is 30.5 Å². The monoisotopic (exact) mass is 422 g/mol. The molecule has 3 aromatic rings. The summed E-state index contributed by atoms with van der Waals surface area (Å²) in [4.78, 5) is 25.3. The Morgan fingerprint density at radius 1 is 0.839 bits per heavy atom. The lowest BCUT2D eigenvalue weighted by atomic mass is 10.1. The van der Waals surface area contributed by atoms with Crippen molar-refractivity contribution in [3.63, 3.8) is 0 Å². The first-order valence-electron chi connectivity index (χ1n) is 9.84. The second kappa shape index (κ2) is 10.9. The lowest BCUT2D eigenvalue weighted by molar-refractivity contribution is 0.0995. The largest absolute Gasteiger partial charge is 0.490 e. The molecule has 3 rings (SSSR count). The van der Waals surface area contributed by atoms with Crippen LogP contribution in [0.2, 0.25) is 0 Å². The van der Waals surface area contributed by atoms with Gasteiger partial charge in [-0.15, -0.1) is 0 Å². The maximum absolute atomic E-state index is 13.0. The predicted molar refractivity (Wildman–Crippen MR) is 117 cm³/mol. The van der Waals surface area contributed by atoms with E-state index in [0.29, 0.717) is 48.1 Å². The predicted octanol–water partition coefficient (Wildman–Crippen LogP) is 4.75. The summed E-state index contributed by atoms with van der Waals surface area (Å²) in [5.41, 5.74) is 1.66. The molecular weight excluding hydrogens is 399 g/mol. The van der Waals surface area contributed by atoms with Crippen molar-refractivity contribution < 1.29 is 23.5 Å². The van der Waals surface area contributed by atoms with Gasteiger partial charge in [0.25, 0.3) is 11.8 Å². The average molecular weight is 422 g/mol. The van der Waals surface area contributed by atoms with E-state index in [2.05, 4.69) is 10.6 Å². The number of hydrogen-bond acceptors (Lipinski definition) is 4. The first-order valence-corrected chi connectivity index (χ1v) is 9.84. The van der Waals surface area contributed by atoms with Gasteiger partial charge in [0.05, 0.1) is 12.2 Å². The Morgan fingerprint density at radius 3 is 2.35 bits per heavy atom. The highest BCUT2D eigenvalue weighted by molar-refractivity contribution is 6.08. The van der Waals surface area contributed by atoms with Crippen LogP contribution >= 0.6 is 0 Å². The molecule has 2 amide bonds. The number of rotatable bonds is 9. The van der Waals surface area contributed by atoms with Gasteiger partial charge < -0.3 is 20.1 Å². The quantitative estimate of drug-likeness (QED) is 0.488. The second-order valence-corrected chi connectivity index (χ2v) is 6.54. The van der Waals surface area contributed by atoms with Gasteiger partial charge in [0, 0.05) is 23.5 Å². The van der Waals surface area contributed by atoms with E-state index < -0.39 is 0 Å². The van der Waals surface area contributed by atoms with Crippen molar-refractivity contribution in [3.8, 4) is 5.75 Å². The van der Waals surface area contributed by atoms with E-state index in [1.165, 1.54) is 24.3 Å².